The van der Waals surface area contributed by atoms with E-state index < -0.39 is 22.9 Å². The Bertz CT molecular complexity index is 463. The molecule has 2 aliphatic rings. The summed E-state index contributed by atoms with van der Waals surface area (Å²) in [6.45, 7) is 2.73. The molecule has 1 aliphatic heterocycles. The summed E-state index contributed by atoms with van der Waals surface area (Å²) in [5, 5.41) is 19.3. The second-order valence-electron chi connectivity index (χ2n) is 6.29. The normalized spacial score (nSPS) is 36.8. The maximum absolute atomic E-state index is 12.0. The van der Waals surface area contributed by atoms with Crippen molar-refractivity contribution in [1.29, 1.82) is 0 Å². The van der Waals surface area contributed by atoms with E-state index >= 15 is 0 Å². The summed E-state index contributed by atoms with van der Waals surface area (Å²) >= 11 is 0. The first-order chi connectivity index (χ1) is 9.85. The summed E-state index contributed by atoms with van der Waals surface area (Å²) < 4.78 is 5.20. The molecule has 6 heteroatoms. The SMILES string of the molecule is COC[C@H]1CCCN1C1(C(=O)O)CC=CC(C)(C(=O)O)C1. The van der Waals surface area contributed by atoms with Gasteiger partial charge < -0.3 is 14.9 Å². The predicted molar refractivity (Wildman–Crippen MR) is 76.1 cm³/mol. The summed E-state index contributed by atoms with van der Waals surface area (Å²) in [7, 11) is 1.60. The lowest BCUT2D eigenvalue weighted by molar-refractivity contribution is -0.160. The van der Waals surface area contributed by atoms with Crippen LogP contribution in [-0.4, -0.2) is 58.9 Å². The van der Waals surface area contributed by atoms with Gasteiger partial charge in [0.2, 0.25) is 0 Å². The van der Waals surface area contributed by atoms with Gasteiger partial charge in [-0.05, 0) is 39.2 Å². The van der Waals surface area contributed by atoms with E-state index in [-0.39, 0.29) is 12.5 Å². The zero-order valence-electron chi connectivity index (χ0n) is 12.5. The second kappa shape index (κ2) is 5.77. The van der Waals surface area contributed by atoms with Crippen LogP contribution in [0.25, 0.3) is 0 Å². The number of hydrogen-bond acceptors (Lipinski definition) is 4. The second-order valence-corrected chi connectivity index (χ2v) is 6.29. The molecule has 118 valence electrons. The summed E-state index contributed by atoms with van der Waals surface area (Å²) in [4.78, 5) is 25.5. The highest BCUT2D eigenvalue weighted by Gasteiger charge is 2.54. The minimum Gasteiger partial charge on any atom is -0.481 e. The number of methoxy groups -OCH3 is 1. The van der Waals surface area contributed by atoms with Gasteiger partial charge in [0.1, 0.15) is 5.54 Å². The van der Waals surface area contributed by atoms with Gasteiger partial charge in [-0.15, -0.1) is 0 Å². The lowest BCUT2D eigenvalue weighted by Gasteiger charge is -2.46. The van der Waals surface area contributed by atoms with Gasteiger partial charge in [0.15, 0.2) is 0 Å². The molecule has 0 aromatic heterocycles. The van der Waals surface area contributed by atoms with Crippen LogP contribution in [0.1, 0.15) is 32.6 Å². The predicted octanol–water partition coefficient (Wildman–Crippen LogP) is 1.36. The van der Waals surface area contributed by atoms with E-state index in [1.165, 1.54) is 0 Å². The van der Waals surface area contributed by atoms with Crippen LogP contribution in [-0.2, 0) is 14.3 Å². The lowest BCUT2D eigenvalue weighted by atomic mass is 9.70. The molecule has 0 bridgehead atoms. The fourth-order valence-corrected chi connectivity index (χ4v) is 3.67. The van der Waals surface area contributed by atoms with Gasteiger partial charge >= 0.3 is 11.9 Å². The molecule has 2 unspecified atom stereocenters. The number of nitrogens with zero attached hydrogens (tertiary/aromatic N) is 1. The van der Waals surface area contributed by atoms with Crippen molar-refractivity contribution in [3.63, 3.8) is 0 Å². The highest BCUT2D eigenvalue weighted by Crippen LogP contribution is 2.43. The van der Waals surface area contributed by atoms with E-state index in [0.29, 0.717) is 19.6 Å². The number of carbonyl (C=O) groups is 2. The van der Waals surface area contributed by atoms with Crippen molar-refractivity contribution >= 4 is 11.9 Å². The first kappa shape index (κ1) is 16.0. The van der Waals surface area contributed by atoms with Crippen LogP contribution in [0.4, 0.5) is 0 Å². The third kappa shape index (κ3) is 2.70. The quantitative estimate of drug-likeness (QED) is 0.745. The van der Waals surface area contributed by atoms with Crippen molar-refractivity contribution in [1.82, 2.24) is 4.90 Å². The zero-order chi connectivity index (χ0) is 15.7. The van der Waals surface area contributed by atoms with Gasteiger partial charge in [-0.3, -0.25) is 14.5 Å². The molecule has 0 saturated carbocycles. The number of rotatable bonds is 5. The van der Waals surface area contributed by atoms with Gasteiger partial charge in [0.25, 0.3) is 0 Å². The molecule has 1 heterocycles. The number of carboxylic acid groups (broad SMARTS) is 2. The van der Waals surface area contributed by atoms with E-state index in [0.717, 1.165) is 12.8 Å². The number of carboxylic acids is 2. The van der Waals surface area contributed by atoms with Crippen molar-refractivity contribution in [3.8, 4) is 0 Å². The van der Waals surface area contributed by atoms with E-state index in [4.69, 9.17) is 4.74 Å². The largest absolute Gasteiger partial charge is 0.481 e. The highest BCUT2D eigenvalue weighted by atomic mass is 16.5. The number of likely N-dealkylation sites (tertiary alicyclic amines) is 1. The van der Waals surface area contributed by atoms with Crippen molar-refractivity contribution in [2.75, 3.05) is 20.3 Å². The standard InChI is InChI=1S/C15H23NO5/c1-14(12(17)18)6-4-7-15(10-14,13(19)20)16-8-3-5-11(16)9-21-2/h4,6,11H,3,5,7-10H2,1-2H3,(H,17,18)(H,19,20)/t11-,14?,15?/m1/s1. The van der Waals surface area contributed by atoms with Crippen molar-refractivity contribution in [2.24, 2.45) is 5.41 Å². The van der Waals surface area contributed by atoms with Crippen LogP contribution in [0.15, 0.2) is 12.2 Å². The van der Waals surface area contributed by atoms with Gasteiger partial charge in [-0.25, -0.2) is 0 Å². The lowest BCUT2D eigenvalue weighted by Crippen LogP contribution is -2.60. The van der Waals surface area contributed by atoms with E-state index in [1.54, 1.807) is 26.2 Å². The topological polar surface area (TPSA) is 87.1 Å². The Balaban J connectivity index is 2.36. The number of aliphatic carboxylic acids is 2. The van der Waals surface area contributed by atoms with Crippen molar-refractivity contribution < 1.29 is 24.5 Å². The van der Waals surface area contributed by atoms with Crippen LogP contribution < -0.4 is 0 Å². The van der Waals surface area contributed by atoms with Crippen LogP contribution in [0.3, 0.4) is 0 Å². The Morgan fingerprint density at radius 3 is 2.67 bits per heavy atom. The van der Waals surface area contributed by atoms with Crippen LogP contribution >= 0.6 is 0 Å². The molecule has 3 atom stereocenters. The van der Waals surface area contributed by atoms with Gasteiger partial charge in [0.05, 0.1) is 12.0 Å². The van der Waals surface area contributed by atoms with Gasteiger partial charge in [-0.2, -0.15) is 0 Å². The molecule has 0 aromatic rings. The fourth-order valence-electron chi connectivity index (χ4n) is 3.67. The molecule has 2 rings (SSSR count). The van der Waals surface area contributed by atoms with E-state index in [9.17, 15) is 19.8 Å². The Morgan fingerprint density at radius 2 is 2.10 bits per heavy atom. The molecule has 0 radical (unpaired) electrons. The average molecular weight is 297 g/mol. The first-order valence-corrected chi connectivity index (χ1v) is 7.26. The molecule has 2 N–H and O–H groups in total. The highest BCUT2D eigenvalue weighted by molar-refractivity contribution is 5.84. The van der Waals surface area contributed by atoms with Gasteiger partial charge in [0, 0.05) is 13.2 Å². The molecular weight excluding hydrogens is 274 g/mol. The maximum atomic E-state index is 12.0. The van der Waals surface area contributed by atoms with Gasteiger partial charge in [-0.1, -0.05) is 12.2 Å². The minimum atomic E-state index is -1.15. The summed E-state index contributed by atoms with van der Waals surface area (Å²) in [5.41, 5.74) is -2.29. The average Bonchev–Trinajstić information content (AvgIpc) is 2.87. The van der Waals surface area contributed by atoms with Crippen LogP contribution in [0.2, 0.25) is 0 Å². The molecule has 1 aliphatic carbocycles. The number of hydrogen-bond donors (Lipinski definition) is 2. The molecule has 0 aromatic carbocycles. The molecule has 1 fully saturated rings. The first-order valence-electron chi connectivity index (χ1n) is 7.26. The summed E-state index contributed by atoms with van der Waals surface area (Å²) in [6, 6.07) is 0.0376. The molecule has 0 spiro atoms. The molecule has 1 saturated heterocycles. The van der Waals surface area contributed by atoms with Crippen LogP contribution in [0.5, 0.6) is 0 Å². The van der Waals surface area contributed by atoms with Crippen molar-refractivity contribution in [3.05, 3.63) is 12.2 Å². The maximum Gasteiger partial charge on any atom is 0.324 e. The van der Waals surface area contributed by atoms with Crippen molar-refractivity contribution in [2.45, 2.75) is 44.2 Å². The smallest absolute Gasteiger partial charge is 0.324 e. The zero-order valence-corrected chi connectivity index (χ0v) is 12.5. The Hall–Kier alpha value is -1.40. The molecule has 21 heavy (non-hydrogen) atoms. The Kier molecular flexibility index (Phi) is 4.39. The third-order valence-electron chi connectivity index (χ3n) is 4.77. The van der Waals surface area contributed by atoms with E-state index in [2.05, 4.69) is 0 Å². The van der Waals surface area contributed by atoms with Crippen LogP contribution in [0, 0.1) is 5.41 Å². The fraction of sp³-hybridized carbons (Fsp3) is 0.733. The minimum absolute atomic E-state index is 0.0376. The Morgan fingerprint density at radius 1 is 1.38 bits per heavy atom. The molecule has 0 amide bonds. The summed E-state index contributed by atoms with van der Waals surface area (Å²) in [5.74, 6) is -1.92. The van der Waals surface area contributed by atoms with E-state index in [1.807, 2.05) is 4.90 Å². The molecular formula is C15H23NO5. The third-order valence-corrected chi connectivity index (χ3v) is 4.77. The Labute approximate surface area is 124 Å². The molecule has 6 nitrogen and oxygen atoms in total. The number of ether oxygens (including phenoxy) is 1. The monoisotopic (exact) mass is 297 g/mol. The summed E-state index contributed by atoms with van der Waals surface area (Å²) in [6.07, 6.45) is 5.55.